The smallest absolute Gasteiger partial charge is 0.323 e. The number of methoxy groups -OCH3 is 1. The molecule has 0 radical (unpaired) electrons. The van der Waals surface area contributed by atoms with Gasteiger partial charge in [0.25, 0.3) is 0 Å². The zero-order valence-corrected chi connectivity index (χ0v) is 17.1. The molecule has 2 aliphatic rings. The predicted octanol–water partition coefficient (Wildman–Crippen LogP) is 3.09. The number of amides is 2. The number of nitrogens with zero attached hydrogens (tertiary/aromatic N) is 1. The first-order valence-corrected chi connectivity index (χ1v) is 9.82. The number of esters is 1. The minimum absolute atomic E-state index is 0.343. The van der Waals surface area contributed by atoms with Crippen molar-refractivity contribution < 1.29 is 19.1 Å². The van der Waals surface area contributed by atoms with Gasteiger partial charge in [-0.3, -0.25) is 19.7 Å². The standard InChI is InChI=1S/C20H16BrClN2O4/c1-28-20(27)17-15-14(16(23-17)10-2-4-11(21)5-3-10)18(25)24(19(15)26)13-8-6-12(22)7-9-13/h2-9,14-17,23H,1H3/t14-,15+,16-,17-/m1/s1. The number of ether oxygens (including phenoxy) is 1. The van der Waals surface area contributed by atoms with Gasteiger partial charge in [-0.05, 0) is 42.0 Å². The van der Waals surface area contributed by atoms with Gasteiger partial charge in [0.2, 0.25) is 11.8 Å². The molecule has 2 amide bonds. The van der Waals surface area contributed by atoms with Crippen molar-refractivity contribution in [2.75, 3.05) is 12.0 Å². The van der Waals surface area contributed by atoms with E-state index in [2.05, 4.69) is 21.2 Å². The van der Waals surface area contributed by atoms with Crippen LogP contribution in [0.2, 0.25) is 5.02 Å². The Kier molecular flexibility index (Phi) is 4.99. The van der Waals surface area contributed by atoms with E-state index < -0.39 is 35.8 Å². The van der Waals surface area contributed by atoms with E-state index in [4.69, 9.17) is 16.3 Å². The molecule has 2 saturated heterocycles. The normalized spacial score (nSPS) is 26.5. The summed E-state index contributed by atoms with van der Waals surface area (Å²) >= 11 is 9.31. The number of benzene rings is 2. The van der Waals surface area contributed by atoms with Crippen molar-refractivity contribution in [2.45, 2.75) is 12.1 Å². The summed E-state index contributed by atoms with van der Waals surface area (Å²) in [5.41, 5.74) is 1.26. The molecular weight excluding hydrogens is 448 g/mol. The van der Waals surface area contributed by atoms with E-state index in [1.54, 1.807) is 24.3 Å². The van der Waals surface area contributed by atoms with Crippen LogP contribution in [0.15, 0.2) is 53.0 Å². The Balaban J connectivity index is 1.76. The summed E-state index contributed by atoms with van der Waals surface area (Å²) in [4.78, 5) is 39.9. The van der Waals surface area contributed by atoms with Crippen molar-refractivity contribution in [3.63, 3.8) is 0 Å². The van der Waals surface area contributed by atoms with E-state index in [1.165, 1.54) is 7.11 Å². The van der Waals surface area contributed by atoms with Crippen molar-refractivity contribution >= 4 is 51.0 Å². The molecule has 1 N–H and O–H groups in total. The van der Waals surface area contributed by atoms with Crippen LogP contribution in [-0.2, 0) is 19.1 Å². The summed E-state index contributed by atoms with van der Waals surface area (Å²) in [5, 5.41) is 3.65. The third kappa shape index (κ3) is 3.03. The monoisotopic (exact) mass is 462 g/mol. The van der Waals surface area contributed by atoms with E-state index in [0.717, 1.165) is 14.9 Å². The number of rotatable bonds is 3. The van der Waals surface area contributed by atoms with Crippen LogP contribution in [0.4, 0.5) is 5.69 Å². The van der Waals surface area contributed by atoms with Crippen LogP contribution >= 0.6 is 27.5 Å². The lowest BCUT2D eigenvalue weighted by molar-refractivity contribution is -0.145. The summed E-state index contributed by atoms with van der Waals surface area (Å²) < 4.78 is 5.77. The number of hydrogen-bond donors (Lipinski definition) is 1. The van der Waals surface area contributed by atoms with Gasteiger partial charge < -0.3 is 4.74 Å². The van der Waals surface area contributed by atoms with Gasteiger partial charge in [0, 0.05) is 15.5 Å². The highest BCUT2D eigenvalue weighted by Gasteiger charge is 2.61. The van der Waals surface area contributed by atoms with Crippen LogP contribution < -0.4 is 10.2 Å². The lowest BCUT2D eigenvalue weighted by Gasteiger charge is -2.22. The third-order valence-corrected chi connectivity index (χ3v) is 6.03. The lowest BCUT2D eigenvalue weighted by Crippen LogP contribution is -2.43. The lowest BCUT2D eigenvalue weighted by atomic mass is 9.86. The third-order valence-electron chi connectivity index (χ3n) is 5.24. The van der Waals surface area contributed by atoms with E-state index >= 15 is 0 Å². The molecule has 6 nitrogen and oxygen atoms in total. The van der Waals surface area contributed by atoms with Crippen LogP contribution in [0.3, 0.4) is 0 Å². The molecule has 28 heavy (non-hydrogen) atoms. The maximum Gasteiger partial charge on any atom is 0.323 e. The van der Waals surface area contributed by atoms with Gasteiger partial charge >= 0.3 is 5.97 Å². The van der Waals surface area contributed by atoms with Crippen LogP contribution in [0.5, 0.6) is 0 Å². The number of hydrogen-bond acceptors (Lipinski definition) is 5. The SMILES string of the molecule is COC(=O)[C@@H]1N[C@H](c2ccc(Br)cc2)[C@@H]2C(=O)N(c3ccc(Cl)cc3)C(=O)[C@@H]21. The van der Waals surface area contributed by atoms with Crippen molar-refractivity contribution in [3.8, 4) is 0 Å². The van der Waals surface area contributed by atoms with E-state index in [-0.39, 0.29) is 5.91 Å². The van der Waals surface area contributed by atoms with Gasteiger partial charge in [-0.15, -0.1) is 0 Å². The zero-order valence-electron chi connectivity index (χ0n) is 14.8. The van der Waals surface area contributed by atoms with Gasteiger partial charge in [0.05, 0.1) is 24.6 Å². The van der Waals surface area contributed by atoms with Gasteiger partial charge in [0.15, 0.2) is 0 Å². The molecule has 144 valence electrons. The molecule has 2 aromatic rings. The highest BCUT2D eigenvalue weighted by Crippen LogP contribution is 2.45. The fourth-order valence-electron chi connectivity index (χ4n) is 3.97. The van der Waals surface area contributed by atoms with E-state index in [0.29, 0.717) is 10.7 Å². The van der Waals surface area contributed by atoms with Crippen molar-refractivity contribution in [1.82, 2.24) is 5.32 Å². The minimum atomic E-state index is -0.891. The Morgan fingerprint density at radius 3 is 2.25 bits per heavy atom. The summed E-state index contributed by atoms with van der Waals surface area (Å²) in [7, 11) is 1.27. The molecule has 0 aliphatic carbocycles. The minimum Gasteiger partial charge on any atom is -0.468 e. The maximum atomic E-state index is 13.3. The highest BCUT2D eigenvalue weighted by molar-refractivity contribution is 9.10. The first-order chi connectivity index (χ1) is 13.4. The zero-order chi connectivity index (χ0) is 20.0. The molecule has 2 fully saturated rings. The molecule has 0 unspecified atom stereocenters. The molecule has 2 aromatic carbocycles. The average Bonchev–Trinajstić information content (AvgIpc) is 3.20. The Labute approximate surface area is 174 Å². The summed E-state index contributed by atoms with van der Waals surface area (Å²) in [6.07, 6.45) is 0. The molecular formula is C20H16BrClN2O4. The maximum absolute atomic E-state index is 13.3. The molecule has 2 heterocycles. The van der Waals surface area contributed by atoms with Gasteiger partial charge in [-0.2, -0.15) is 0 Å². The van der Waals surface area contributed by atoms with Crippen LogP contribution in [0.1, 0.15) is 11.6 Å². The predicted molar refractivity (Wildman–Crippen MR) is 107 cm³/mol. The first kappa shape index (κ1) is 19.1. The topological polar surface area (TPSA) is 75.7 Å². The number of anilines is 1. The molecule has 2 aliphatic heterocycles. The highest BCUT2D eigenvalue weighted by atomic mass is 79.9. The van der Waals surface area contributed by atoms with Crippen LogP contribution in [0, 0.1) is 11.8 Å². The first-order valence-electron chi connectivity index (χ1n) is 8.65. The summed E-state index contributed by atoms with van der Waals surface area (Å²) in [6, 6.07) is 12.5. The number of nitrogens with one attached hydrogen (secondary N) is 1. The molecule has 0 saturated carbocycles. The van der Waals surface area contributed by atoms with Crippen LogP contribution in [-0.4, -0.2) is 30.9 Å². The van der Waals surface area contributed by atoms with Gasteiger partial charge in [-0.25, -0.2) is 4.90 Å². The molecule has 0 aromatic heterocycles. The molecule has 8 heteroatoms. The quantitative estimate of drug-likeness (QED) is 0.559. The number of carbonyl (C=O) groups excluding carboxylic acids is 3. The Morgan fingerprint density at radius 2 is 1.64 bits per heavy atom. The van der Waals surface area contributed by atoms with E-state index in [1.807, 2.05) is 24.3 Å². The fourth-order valence-corrected chi connectivity index (χ4v) is 4.36. The second kappa shape index (κ2) is 7.31. The average molecular weight is 464 g/mol. The van der Waals surface area contributed by atoms with Crippen LogP contribution in [0.25, 0.3) is 0 Å². The van der Waals surface area contributed by atoms with E-state index in [9.17, 15) is 14.4 Å². The van der Waals surface area contributed by atoms with Crippen molar-refractivity contribution in [1.29, 1.82) is 0 Å². The number of imide groups is 1. The van der Waals surface area contributed by atoms with Gasteiger partial charge in [-0.1, -0.05) is 39.7 Å². The second-order valence-corrected chi connectivity index (χ2v) is 8.09. The molecule has 0 spiro atoms. The second-order valence-electron chi connectivity index (χ2n) is 6.74. The Hall–Kier alpha value is -2.22. The summed E-state index contributed by atoms with van der Waals surface area (Å²) in [5.74, 6) is -2.85. The number of fused-ring (bicyclic) bond motifs is 1. The van der Waals surface area contributed by atoms with Crippen molar-refractivity contribution in [3.05, 3.63) is 63.6 Å². The largest absolute Gasteiger partial charge is 0.468 e. The van der Waals surface area contributed by atoms with Crippen molar-refractivity contribution in [2.24, 2.45) is 11.8 Å². The molecule has 4 rings (SSSR count). The molecule has 4 atom stereocenters. The number of halogens is 2. The van der Waals surface area contributed by atoms with Gasteiger partial charge in [0.1, 0.15) is 6.04 Å². The number of carbonyl (C=O) groups is 3. The molecule has 0 bridgehead atoms. The fraction of sp³-hybridized carbons (Fsp3) is 0.250. The Bertz CT molecular complexity index is 948. The Morgan fingerprint density at radius 1 is 1.04 bits per heavy atom. The summed E-state index contributed by atoms with van der Waals surface area (Å²) in [6.45, 7) is 0.